The predicted octanol–water partition coefficient (Wildman–Crippen LogP) is -0.0580. The summed E-state index contributed by atoms with van der Waals surface area (Å²) in [6.07, 6.45) is 0.715. The molecule has 1 amide bonds. The highest BCUT2D eigenvalue weighted by Crippen LogP contribution is 2.08. The number of carbonyl (C=O) groups is 1. The van der Waals surface area contributed by atoms with Crippen LogP contribution in [0.2, 0.25) is 0 Å². The molecule has 28 heavy (non-hydrogen) atoms. The summed E-state index contributed by atoms with van der Waals surface area (Å²) in [6, 6.07) is 7.42. The van der Waals surface area contributed by atoms with E-state index in [1.54, 1.807) is 6.07 Å². The van der Waals surface area contributed by atoms with Gasteiger partial charge >= 0.3 is 0 Å². The maximum absolute atomic E-state index is 12.4. The van der Waals surface area contributed by atoms with E-state index in [4.69, 9.17) is 4.74 Å². The second kappa shape index (κ2) is 8.81. The van der Waals surface area contributed by atoms with E-state index in [9.17, 15) is 9.59 Å². The molecule has 8 nitrogen and oxygen atoms in total. The number of amides is 1. The number of ether oxygens (including phenoxy) is 1. The van der Waals surface area contributed by atoms with E-state index in [0.717, 1.165) is 44.1 Å². The van der Waals surface area contributed by atoms with Gasteiger partial charge in [0.1, 0.15) is 5.82 Å². The van der Waals surface area contributed by atoms with Crippen LogP contribution in [0.25, 0.3) is 10.9 Å². The van der Waals surface area contributed by atoms with Crippen molar-refractivity contribution in [1.29, 1.82) is 0 Å². The molecule has 8 heteroatoms. The smallest absolute Gasteiger partial charge is 0.258 e. The van der Waals surface area contributed by atoms with Crippen LogP contribution >= 0.6 is 0 Å². The van der Waals surface area contributed by atoms with Crippen LogP contribution in [0.15, 0.2) is 29.1 Å². The second-order valence-corrected chi connectivity index (χ2v) is 7.39. The predicted molar refractivity (Wildman–Crippen MR) is 106 cm³/mol. The topological polar surface area (TPSA) is 81.8 Å². The zero-order chi connectivity index (χ0) is 19.3. The third-order valence-electron chi connectivity index (χ3n) is 5.51. The number of nitrogens with zero attached hydrogens (tertiary/aromatic N) is 4. The average molecular weight is 385 g/mol. The van der Waals surface area contributed by atoms with E-state index in [1.807, 2.05) is 23.1 Å². The van der Waals surface area contributed by atoms with Gasteiger partial charge in [-0.15, -0.1) is 0 Å². The molecule has 0 spiro atoms. The number of aromatic amines is 1. The third kappa shape index (κ3) is 4.57. The Bertz CT molecular complexity index is 870. The molecule has 2 aromatic rings. The van der Waals surface area contributed by atoms with Crippen LogP contribution in [-0.4, -0.2) is 96.1 Å². The summed E-state index contributed by atoms with van der Waals surface area (Å²) in [5.41, 5.74) is 0.666. The van der Waals surface area contributed by atoms with Crippen LogP contribution in [0, 0.1) is 0 Å². The van der Waals surface area contributed by atoms with Crippen molar-refractivity contribution >= 4 is 16.8 Å². The first-order chi connectivity index (χ1) is 13.7. The van der Waals surface area contributed by atoms with Gasteiger partial charge < -0.3 is 19.5 Å². The van der Waals surface area contributed by atoms with Crippen molar-refractivity contribution in [2.24, 2.45) is 0 Å². The maximum Gasteiger partial charge on any atom is 0.258 e. The zero-order valence-corrected chi connectivity index (χ0v) is 16.1. The molecule has 150 valence electrons. The Labute approximate surface area is 164 Å². The Morgan fingerprint density at radius 3 is 2.54 bits per heavy atom. The molecular formula is C20H27N5O3. The van der Waals surface area contributed by atoms with Gasteiger partial charge in [-0.2, -0.15) is 0 Å². The van der Waals surface area contributed by atoms with Gasteiger partial charge in [0.2, 0.25) is 5.91 Å². The number of para-hydroxylation sites is 1. The largest absolute Gasteiger partial charge is 0.378 e. The van der Waals surface area contributed by atoms with Crippen LogP contribution in [0.4, 0.5) is 0 Å². The molecule has 0 aliphatic carbocycles. The number of piperazine rings is 1. The zero-order valence-electron chi connectivity index (χ0n) is 16.1. The molecule has 0 unspecified atom stereocenters. The van der Waals surface area contributed by atoms with Gasteiger partial charge in [0.25, 0.3) is 5.56 Å². The highest BCUT2D eigenvalue weighted by atomic mass is 16.5. The molecule has 2 saturated heterocycles. The number of rotatable bonds is 5. The molecule has 2 fully saturated rings. The number of nitrogens with one attached hydrogen (secondary N) is 1. The number of hydrogen-bond acceptors (Lipinski definition) is 6. The minimum absolute atomic E-state index is 0.0768. The molecule has 0 bridgehead atoms. The summed E-state index contributed by atoms with van der Waals surface area (Å²) in [4.78, 5) is 38.5. The highest BCUT2D eigenvalue weighted by Gasteiger charge is 2.22. The van der Waals surface area contributed by atoms with Crippen molar-refractivity contribution in [2.75, 3.05) is 65.6 Å². The molecule has 1 aromatic heterocycles. The van der Waals surface area contributed by atoms with Crippen LogP contribution in [0.1, 0.15) is 5.82 Å². The molecule has 1 aromatic carbocycles. The monoisotopic (exact) mass is 385 g/mol. The number of carbonyl (C=O) groups excluding carboxylic acids is 1. The lowest BCUT2D eigenvalue weighted by molar-refractivity contribution is -0.136. The van der Waals surface area contributed by atoms with Gasteiger partial charge in [0.05, 0.1) is 30.7 Å². The first-order valence-corrected chi connectivity index (χ1v) is 9.97. The minimum atomic E-state index is -0.0768. The number of benzene rings is 1. The number of aromatic nitrogens is 2. The Kier molecular flexibility index (Phi) is 5.99. The molecule has 3 heterocycles. The molecule has 2 aliphatic rings. The Balaban J connectivity index is 1.24. The second-order valence-electron chi connectivity index (χ2n) is 7.39. The summed E-state index contributed by atoms with van der Waals surface area (Å²) in [5, 5.41) is 0.629. The number of H-pyrrole nitrogens is 1. The van der Waals surface area contributed by atoms with Gasteiger partial charge in [0, 0.05) is 52.2 Å². The van der Waals surface area contributed by atoms with Crippen molar-refractivity contribution in [1.82, 2.24) is 24.7 Å². The van der Waals surface area contributed by atoms with E-state index in [-0.39, 0.29) is 11.5 Å². The Morgan fingerprint density at radius 2 is 1.75 bits per heavy atom. The standard InChI is InChI=1S/C20H27N5O3/c26-19(25-11-13-28-14-12-25)15-24-9-7-23(8-10-24)6-5-18-21-17-4-2-1-3-16(17)20(27)22-18/h1-4H,5-15H2,(H,21,22,27). The van der Waals surface area contributed by atoms with E-state index in [1.165, 1.54) is 0 Å². The fraction of sp³-hybridized carbons (Fsp3) is 0.550. The van der Waals surface area contributed by atoms with Crippen molar-refractivity contribution in [3.63, 3.8) is 0 Å². The van der Waals surface area contributed by atoms with Crippen molar-refractivity contribution in [2.45, 2.75) is 6.42 Å². The quantitative estimate of drug-likeness (QED) is 0.777. The lowest BCUT2D eigenvalue weighted by Crippen LogP contribution is -2.51. The lowest BCUT2D eigenvalue weighted by atomic mass is 10.2. The summed E-state index contributed by atoms with van der Waals surface area (Å²) in [7, 11) is 0. The number of fused-ring (bicyclic) bond motifs is 1. The van der Waals surface area contributed by atoms with Crippen molar-refractivity contribution < 1.29 is 9.53 Å². The van der Waals surface area contributed by atoms with E-state index < -0.39 is 0 Å². The summed E-state index contributed by atoms with van der Waals surface area (Å²) in [5.74, 6) is 0.934. The van der Waals surface area contributed by atoms with Crippen molar-refractivity contribution in [3.05, 3.63) is 40.4 Å². The van der Waals surface area contributed by atoms with E-state index >= 15 is 0 Å². The molecule has 1 N–H and O–H groups in total. The van der Waals surface area contributed by atoms with E-state index in [2.05, 4.69) is 19.8 Å². The van der Waals surface area contributed by atoms with Gasteiger partial charge in [0.15, 0.2) is 0 Å². The maximum atomic E-state index is 12.4. The fourth-order valence-corrected chi connectivity index (χ4v) is 3.79. The van der Waals surface area contributed by atoms with Gasteiger partial charge in [-0.1, -0.05) is 12.1 Å². The first-order valence-electron chi connectivity index (χ1n) is 9.97. The first kappa shape index (κ1) is 19.0. The highest BCUT2D eigenvalue weighted by molar-refractivity contribution is 5.78. The SMILES string of the molecule is O=C(CN1CCN(CCc2nc3ccccc3c(=O)[nH]2)CC1)N1CCOCC1. The molecule has 0 radical (unpaired) electrons. The van der Waals surface area contributed by atoms with Crippen LogP contribution in [-0.2, 0) is 16.0 Å². The number of morpholine rings is 1. The van der Waals surface area contributed by atoms with Crippen molar-refractivity contribution in [3.8, 4) is 0 Å². The third-order valence-corrected chi connectivity index (χ3v) is 5.51. The summed E-state index contributed by atoms with van der Waals surface area (Å²) >= 11 is 0. The molecular weight excluding hydrogens is 358 g/mol. The van der Waals surface area contributed by atoms with E-state index in [0.29, 0.717) is 44.7 Å². The molecule has 0 saturated carbocycles. The average Bonchev–Trinajstić information content (AvgIpc) is 2.74. The summed E-state index contributed by atoms with van der Waals surface area (Å²) in [6.45, 7) is 7.66. The molecule has 4 rings (SSSR count). The lowest BCUT2D eigenvalue weighted by Gasteiger charge is -2.36. The van der Waals surface area contributed by atoms with Crippen LogP contribution < -0.4 is 5.56 Å². The van der Waals surface area contributed by atoms with Crippen LogP contribution in [0.5, 0.6) is 0 Å². The van der Waals surface area contributed by atoms with Gasteiger partial charge in [-0.25, -0.2) is 4.98 Å². The Hall–Kier alpha value is -2.29. The van der Waals surface area contributed by atoms with Crippen LogP contribution in [0.3, 0.4) is 0 Å². The number of hydrogen-bond donors (Lipinski definition) is 1. The van der Waals surface area contributed by atoms with Gasteiger partial charge in [-0.3, -0.25) is 14.5 Å². The van der Waals surface area contributed by atoms with Gasteiger partial charge in [-0.05, 0) is 12.1 Å². The fourth-order valence-electron chi connectivity index (χ4n) is 3.79. The molecule has 2 aliphatic heterocycles. The normalized spacial score (nSPS) is 19.2. The Morgan fingerprint density at radius 1 is 1.04 bits per heavy atom. The molecule has 0 atom stereocenters. The summed E-state index contributed by atoms with van der Waals surface area (Å²) < 4.78 is 5.31. The minimum Gasteiger partial charge on any atom is -0.378 e.